The fourth-order valence-electron chi connectivity index (χ4n) is 2.35. The van der Waals surface area contributed by atoms with E-state index in [4.69, 9.17) is 4.52 Å². The first-order valence-electron chi connectivity index (χ1n) is 6.33. The van der Waals surface area contributed by atoms with Crippen LogP contribution in [-0.4, -0.2) is 22.9 Å². The van der Waals surface area contributed by atoms with E-state index in [1.807, 2.05) is 12.3 Å². The SMILES string of the molecule is CSCc1noc(C2CNNC2c2cccc(F)c2)n1. The van der Waals surface area contributed by atoms with Crippen LogP contribution in [0, 0.1) is 5.82 Å². The summed E-state index contributed by atoms with van der Waals surface area (Å²) in [5, 5.41) is 3.96. The molecule has 5 nitrogen and oxygen atoms in total. The topological polar surface area (TPSA) is 63.0 Å². The van der Waals surface area contributed by atoms with E-state index in [2.05, 4.69) is 21.0 Å². The number of nitrogens with one attached hydrogen (secondary N) is 2. The maximum absolute atomic E-state index is 13.4. The lowest BCUT2D eigenvalue weighted by Crippen LogP contribution is -2.24. The molecular formula is C13H15FN4OS. The van der Waals surface area contributed by atoms with E-state index in [-0.39, 0.29) is 17.8 Å². The van der Waals surface area contributed by atoms with Crippen LogP contribution in [0.2, 0.25) is 0 Å². The molecule has 1 aromatic heterocycles. The molecule has 1 aliphatic heterocycles. The molecule has 1 fully saturated rings. The van der Waals surface area contributed by atoms with Gasteiger partial charge in [-0.05, 0) is 24.0 Å². The fraction of sp³-hybridized carbons (Fsp3) is 0.385. The van der Waals surface area contributed by atoms with Crippen molar-refractivity contribution < 1.29 is 8.91 Å². The Labute approximate surface area is 120 Å². The Balaban J connectivity index is 1.84. The zero-order valence-electron chi connectivity index (χ0n) is 11.0. The average Bonchev–Trinajstić information content (AvgIpc) is 3.07. The van der Waals surface area contributed by atoms with Gasteiger partial charge in [0, 0.05) is 6.54 Å². The number of rotatable bonds is 4. The maximum Gasteiger partial charge on any atom is 0.233 e. The lowest BCUT2D eigenvalue weighted by atomic mass is 9.95. The Kier molecular flexibility index (Phi) is 4.00. The van der Waals surface area contributed by atoms with Gasteiger partial charge >= 0.3 is 0 Å². The number of halogens is 1. The molecule has 2 N–H and O–H groups in total. The van der Waals surface area contributed by atoms with Gasteiger partial charge in [-0.15, -0.1) is 0 Å². The van der Waals surface area contributed by atoms with Crippen molar-refractivity contribution in [3.63, 3.8) is 0 Å². The van der Waals surface area contributed by atoms with Crippen LogP contribution in [0.15, 0.2) is 28.8 Å². The summed E-state index contributed by atoms with van der Waals surface area (Å²) in [5.74, 6) is 1.75. The molecule has 2 heterocycles. The second kappa shape index (κ2) is 5.90. The van der Waals surface area contributed by atoms with E-state index in [1.54, 1.807) is 17.8 Å². The molecule has 106 valence electrons. The number of hydrogen-bond acceptors (Lipinski definition) is 6. The Morgan fingerprint density at radius 2 is 2.40 bits per heavy atom. The number of hydrazine groups is 1. The Morgan fingerprint density at radius 3 is 3.20 bits per heavy atom. The van der Waals surface area contributed by atoms with Crippen molar-refractivity contribution in [2.45, 2.75) is 17.7 Å². The zero-order valence-corrected chi connectivity index (χ0v) is 11.8. The molecular weight excluding hydrogens is 279 g/mol. The predicted octanol–water partition coefficient (Wildman–Crippen LogP) is 2.00. The summed E-state index contributed by atoms with van der Waals surface area (Å²) in [6, 6.07) is 6.48. The van der Waals surface area contributed by atoms with Crippen LogP contribution in [0.25, 0.3) is 0 Å². The quantitative estimate of drug-likeness (QED) is 0.899. The normalized spacial score (nSPS) is 22.3. The van der Waals surface area contributed by atoms with Gasteiger partial charge in [0.2, 0.25) is 5.89 Å². The number of aromatic nitrogens is 2. The molecule has 0 radical (unpaired) electrons. The van der Waals surface area contributed by atoms with Gasteiger partial charge in [0.25, 0.3) is 0 Å². The van der Waals surface area contributed by atoms with Crippen LogP contribution in [0.3, 0.4) is 0 Å². The first-order chi connectivity index (χ1) is 9.78. The molecule has 2 atom stereocenters. The molecule has 0 amide bonds. The van der Waals surface area contributed by atoms with E-state index < -0.39 is 0 Å². The summed E-state index contributed by atoms with van der Waals surface area (Å²) in [4.78, 5) is 4.41. The summed E-state index contributed by atoms with van der Waals surface area (Å²) in [5.41, 5.74) is 7.08. The minimum absolute atomic E-state index is 0.0000869. The second-order valence-electron chi connectivity index (χ2n) is 4.65. The number of thioether (sulfide) groups is 1. The van der Waals surface area contributed by atoms with E-state index in [0.717, 1.165) is 11.3 Å². The largest absolute Gasteiger partial charge is 0.339 e. The van der Waals surface area contributed by atoms with Crippen molar-refractivity contribution in [3.8, 4) is 0 Å². The van der Waals surface area contributed by atoms with Gasteiger partial charge in [-0.25, -0.2) is 9.82 Å². The van der Waals surface area contributed by atoms with E-state index in [9.17, 15) is 4.39 Å². The van der Waals surface area contributed by atoms with Gasteiger partial charge in [-0.1, -0.05) is 17.3 Å². The van der Waals surface area contributed by atoms with Crippen molar-refractivity contribution in [3.05, 3.63) is 47.4 Å². The highest BCUT2D eigenvalue weighted by Gasteiger charge is 2.34. The highest BCUT2D eigenvalue weighted by Crippen LogP contribution is 2.32. The molecule has 2 unspecified atom stereocenters. The third-order valence-corrected chi connectivity index (χ3v) is 3.81. The van der Waals surface area contributed by atoms with Crippen molar-refractivity contribution >= 4 is 11.8 Å². The van der Waals surface area contributed by atoms with Gasteiger partial charge < -0.3 is 4.52 Å². The van der Waals surface area contributed by atoms with Crippen molar-refractivity contribution in [1.82, 2.24) is 21.0 Å². The van der Waals surface area contributed by atoms with Crippen molar-refractivity contribution in [2.24, 2.45) is 0 Å². The van der Waals surface area contributed by atoms with Gasteiger partial charge in [0.05, 0.1) is 17.7 Å². The van der Waals surface area contributed by atoms with Gasteiger partial charge in [0.1, 0.15) is 5.82 Å². The third-order valence-electron chi connectivity index (χ3n) is 3.26. The first-order valence-corrected chi connectivity index (χ1v) is 7.72. The smallest absolute Gasteiger partial charge is 0.233 e. The Morgan fingerprint density at radius 1 is 1.50 bits per heavy atom. The molecule has 0 saturated carbocycles. The highest BCUT2D eigenvalue weighted by atomic mass is 32.2. The van der Waals surface area contributed by atoms with Crippen LogP contribution >= 0.6 is 11.8 Å². The highest BCUT2D eigenvalue weighted by molar-refractivity contribution is 7.97. The van der Waals surface area contributed by atoms with Gasteiger partial charge in [0.15, 0.2) is 5.82 Å². The molecule has 1 saturated heterocycles. The number of benzene rings is 1. The monoisotopic (exact) mass is 294 g/mol. The molecule has 2 aromatic rings. The molecule has 3 rings (SSSR count). The number of nitrogens with zero attached hydrogens (tertiary/aromatic N) is 2. The summed E-state index contributed by atoms with van der Waals surface area (Å²) in [6.45, 7) is 0.669. The van der Waals surface area contributed by atoms with Gasteiger partial charge in [-0.2, -0.15) is 16.7 Å². The molecule has 7 heteroatoms. The molecule has 1 aliphatic rings. The molecule has 0 spiro atoms. The molecule has 20 heavy (non-hydrogen) atoms. The summed E-state index contributed by atoms with van der Waals surface area (Å²) < 4.78 is 18.7. The summed E-state index contributed by atoms with van der Waals surface area (Å²) in [6.07, 6.45) is 1.99. The minimum Gasteiger partial charge on any atom is -0.339 e. The summed E-state index contributed by atoms with van der Waals surface area (Å²) >= 11 is 1.64. The average molecular weight is 294 g/mol. The Bertz CT molecular complexity index is 591. The number of hydrogen-bond donors (Lipinski definition) is 2. The lowest BCUT2D eigenvalue weighted by molar-refractivity contribution is 0.344. The maximum atomic E-state index is 13.4. The van der Waals surface area contributed by atoms with Crippen LogP contribution in [0.5, 0.6) is 0 Å². The predicted molar refractivity (Wildman–Crippen MR) is 74.5 cm³/mol. The third kappa shape index (κ3) is 2.70. The van der Waals surface area contributed by atoms with E-state index in [1.165, 1.54) is 12.1 Å². The van der Waals surface area contributed by atoms with Crippen LogP contribution in [-0.2, 0) is 5.75 Å². The van der Waals surface area contributed by atoms with Crippen LogP contribution < -0.4 is 10.9 Å². The minimum atomic E-state index is -0.247. The van der Waals surface area contributed by atoms with Crippen LogP contribution in [0.1, 0.15) is 29.2 Å². The van der Waals surface area contributed by atoms with Gasteiger partial charge in [-0.3, -0.25) is 5.43 Å². The Hall–Kier alpha value is -1.44. The van der Waals surface area contributed by atoms with Crippen molar-refractivity contribution in [1.29, 1.82) is 0 Å². The fourth-order valence-corrected chi connectivity index (χ4v) is 2.72. The zero-order chi connectivity index (χ0) is 13.9. The first kappa shape index (κ1) is 13.5. The standard InChI is InChI=1S/C13H15FN4OS/c1-20-7-11-16-13(19-18-11)10-6-15-17-12(10)8-3-2-4-9(14)5-8/h2-5,10,12,15,17H,6-7H2,1H3. The molecule has 0 aliphatic carbocycles. The van der Waals surface area contributed by atoms with E-state index >= 15 is 0 Å². The second-order valence-corrected chi connectivity index (χ2v) is 5.51. The molecule has 1 aromatic carbocycles. The summed E-state index contributed by atoms with van der Waals surface area (Å²) in [7, 11) is 0. The lowest BCUT2D eigenvalue weighted by Gasteiger charge is -2.15. The van der Waals surface area contributed by atoms with Crippen molar-refractivity contribution in [2.75, 3.05) is 12.8 Å². The van der Waals surface area contributed by atoms with E-state index in [0.29, 0.717) is 18.3 Å². The van der Waals surface area contributed by atoms with Crippen LogP contribution in [0.4, 0.5) is 4.39 Å². The molecule has 0 bridgehead atoms.